The summed E-state index contributed by atoms with van der Waals surface area (Å²) < 4.78 is 5.30. The van der Waals surface area contributed by atoms with Crippen molar-refractivity contribution in [1.82, 2.24) is 5.32 Å². The highest BCUT2D eigenvalue weighted by atomic mass is 16.3. The molecule has 18 heavy (non-hydrogen) atoms. The third kappa shape index (κ3) is 1.85. The van der Waals surface area contributed by atoms with Crippen molar-refractivity contribution < 1.29 is 9.21 Å². The van der Waals surface area contributed by atoms with Crippen molar-refractivity contribution >= 4 is 5.91 Å². The van der Waals surface area contributed by atoms with Gasteiger partial charge in [0.25, 0.3) is 0 Å². The molecule has 1 aromatic heterocycles. The molecule has 2 bridgehead atoms. The SMILES string of the molecule is C[C@H](NC(=O)C1C2CCC(C2)C1N)c1ccco1. The van der Waals surface area contributed by atoms with E-state index in [-0.39, 0.29) is 23.9 Å². The summed E-state index contributed by atoms with van der Waals surface area (Å²) in [5.41, 5.74) is 6.18. The molecule has 0 aromatic carbocycles. The van der Waals surface area contributed by atoms with Crippen LogP contribution in [0.2, 0.25) is 0 Å². The third-order valence-electron chi connectivity index (χ3n) is 4.61. The van der Waals surface area contributed by atoms with Gasteiger partial charge in [-0.15, -0.1) is 0 Å². The van der Waals surface area contributed by atoms with E-state index in [9.17, 15) is 4.79 Å². The van der Waals surface area contributed by atoms with Crippen LogP contribution >= 0.6 is 0 Å². The molecular weight excluding hydrogens is 228 g/mol. The van der Waals surface area contributed by atoms with Crippen LogP contribution in [-0.4, -0.2) is 11.9 Å². The van der Waals surface area contributed by atoms with Crippen LogP contribution in [0.25, 0.3) is 0 Å². The zero-order chi connectivity index (χ0) is 12.7. The van der Waals surface area contributed by atoms with Gasteiger partial charge in [-0.3, -0.25) is 4.79 Å². The molecule has 3 N–H and O–H groups in total. The van der Waals surface area contributed by atoms with Crippen LogP contribution in [0.1, 0.15) is 38.0 Å². The summed E-state index contributed by atoms with van der Waals surface area (Å²) in [5, 5.41) is 3.03. The molecule has 5 atom stereocenters. The highest BCUT2D eigenvalue weighted by Crippen LogP contribution is 2.47. The number of hydrogen-bond donors (Lipinski definition) is 2. The molecule has 0 spiro atoms. The van der Waals surface area contributed by atoms with E-state index in [2.05, 4.69) is 5.32 Å². The predicted molar refractivity (Wildman–Crippen MR) is 67.6 cm³/mol. The summed E-state index contributed by atoms with van der Waals surface area (Å²) in [6.45, 7) is 1.94. The Labute approximate surface area is 107 Å². The quantitative estimate of drug-likeness (QED) is 0.857. The maximum atomic E-state index is 12.3. The third-order valence-corrected chi connectivity index (χ3v) is 4.61. The summed E-state index contributed by atoms with van der Waals surface area (Å²) in [5.74, 6) is 1.94. The van der Waals surface area contributed by atoms with E-state index in [1.165, 1.54) is 6.42 Å². The van der Waals surface area contributed by atoms with Gasteiger partial charge in [-0.25, -0.2) is 0 Å². The summed E-state index contributed by atoms with van der Waals surface area (Å²) in [7, 11) is 0. The summed E-state index contributed by atoms with van der Waals surface area (Å²) >= 11 is 0. The van der Waals surface area contributed by atoms with Gasteiger partial charge in [-0.2, -0.15) is 0 Å². The molecule has 0 radical (unpaired) electrons. The Bertz CT molecular complexity index is 427. The van der Waals surface area contributed by atoms with E-state index in [1.54, 1.807) is 6.26 Å². The van der Waals surface area contributed by atoms with E-state index < -0.39 is 0 Å². The minimum Gasteiger partial charge on any atom is -0.467 e. The number of carbonyl (C=O) groups is 1. The predicted octanol–water partition coefficient (Wildman–Crippen LogP) is 1.83. The van der Waals surface area contributed by atoms with Crippen LogP contribution in [-0.2, 0) is 4.79 Å². The van der Waals surface area contributed by atoms with Crippen molar-refractivity contribution in [2.24, 2.45) is 23.5 Å². The van der Waals surface area contributed by atoms with Crippen LogP contribution in [0, 0.1) is 17.8 Å². The number of rotatable bonds is 3. The van der Waals surface area contributed by atoms with Gasteiger partial charge in [0.05, 0.1) is 18.2 Å². The maximum Gasteiger partial charge on any atom is 0.225 e. The van der Waals surface area contributed by atoms with Crippen LogP contribution in [0.3, 0.4) is 0 Å². The molecule has 2 aliphatic carbocycles. The van der Waals surface area contributed by atoms with E-state index in [0.717, 1.165) is 18.6 Å². The molecule has 0 aliphatic heterocycles. The Morgan fingerprint density at radius 3 is 2.89 bits per heavy atom. The van der Waals surface area contributed by atoms with Gasteiger partial charge < -0.3 is 15.5 Å². The smallest absolute Gasteiger partial charge is 0.225 e. The summed E-state index contributed by atoms with van der Waals surface area (Å²) in [4.78, 5) is 12.3. The highest BCUT2D eigenvalue weighted by Gasteiger charge is 2.49. The fourth-order valence-corrected chi connectivity index (χ4v) is 3.64. The lowest BCUT2D eigenvalue weighted by Gasteiger charge is -2.28. The second-order valence-electron chi connectivity index (χ2n) is 5.68. The maximum absolute atomic E-state index is 12.3. The van der Waals surface area contributed by atoms with Gasteiger partial charge in [0.1, 0.15) is 5.76 Å². The van der Waals surface area contributed by atoms with Crippen LogP contribution in [0.15, 0.2) is 22.8 Å². The number of nitrogens with one attached hydrogen (secondary N) is 1. The van der Waals surface area contributed by atoms with Gasteiger partial charge in [-0.1, -0.05) is 0 Å². The number of carbonyl (C=O) groups excluding carboxylic acids is 1. The largest absolute Gasteiger partial charge is 0.467 e. The summed E-state index contributed by atoms with van der Waals surface area (Å²) in [6, 6.07) is 3.68. The Morgan fingerprint density at radius 1 is 1.50 bits per heavy atom. The summed E-state index contributed by atoms with van der Waals surface area (Å²) in [6.07, 6.45) is 5.12. The monoisotopic (exact) mass is 248 g/mol. The zero-order valence-corrected chi connectivity index (χ0v) is 10.6. The molecule has 1 amide bonds. The number of hydrogen-bond acceptors (Lipinski definition) is 3. The lowest BCUT2D eigenvalue weighted by molar-refractivity contribution is -0.127. The first-order valence-electron chi connectivity index (χ1n) is 6.76. The van der Waals surface area contributed by atoms with Gasteiger partial charge in [-0.05, 0) is 50.2 Å². The molecule has 4 heteroatoms. The van der Waals surface area contributed by atoms with Crippen molar-refractivity contribution in [2.75, 3.05) is 0 Å². The normalized spacial score (nSPS) is 35.7. The van der Waals surface area contributed by atoms with Gasteiger partial charge in [0, 0.05) is 6.04 Å². The highest BCUT2D eigenvalue weighted by molar-refractivity contribution is 5.80. The van der Waals surface area contributed by atoms with E-state index in [1.807, 2.05) is 19.1 Å². The Balaban J connectivity index is 1.65. The minimum atomic E-state index is -0.0844. The standard InChI is InChI=1S/C14H20N2O2/c1-8(11-3-2-6-18-11)16-14(17)12-9-4-5-10(7-9)13(12)15/h2-3,6,8-10,12-13H,4-5,7,15H2,1H3,(H,16,17)/t8-,9?,10?,12?,13?/m0/s1. The van der Waals surface area contributed by atoms with Crippen LogP contribution in [0.4, 0.5) is 0 Å². The Hall–Kier alpha value is -1.29. The molecule has 4 unspecified atom stereocenters. The minimum absolute atomic E-state index is 0.00108. The second kappa shape index (κ2) is 4.43. The van der Waals surface area contributed by atoms with Gasteiger partial charge in [0.15, 0.2) is 0 Å². The molecule has 2 fully saturated rings. The molecule has 2 aliphatic rings. The first-order valence-corrected chi connectivity index (χ1v) is 6.76. The van der Waals surface area contributed by atoms with E-state index in [0.29, 0.717) is 11.8 Å². The Kier molecular flexibility index (Phi) is 2.90. The molecule has 1 aromatic rings. The van der Waals surface area contributed by atoms with Crippen molar-refractivity contribution in [2.45, 2.75) is 38.3 Å². The second-order valence-corrected chi connectivity index (χ2v) is 5.68. The first-order chi connectivity index (χ1) is 8.66. The average molecular weight is 248 g/mol. The molecule has 98 valence electrons. The molecular formula is C14H20N2O2. The topological polar surface area (TPSA) is 68.3 Å². The molecule has 3 rings (SSSR count). The molecule has 1 heterocycles. The Morgan fingerprint density at radius 2 is 2.28 bits per heavy atom. The van der Waals surface area contributed by atoms with Gasteiger partial charge in [0.2, 0.25) is 5.91 Å². The fourth-order valence-electron chi connectivity index (χ4n) is 3.64. The first kappa shape index (κ1) is 11.8. The van der Waals surface area contributed by atoms with E-state index >= 15 is 0 Å². The lowest BCUT2D eigenvalue weighted by Crippen LogP contribution is -2.45. The number of amides is 1. The van der Waals surface area contributed by atoms with Crippen molar-refractivity contribution in [1.29, 1.82) is 0 Å². The van der Waals surface area contributed by atoms with Crippen LogP contribution in [0.5, 0.6) is 0 Å². The number of furan rings is 1. The fraction of sp³-hybridized carbons (Fsp3) is 0.643. The molecule has 2 saturated carbocycles. The number of nitrogens with two attached hydrogens (primary N) is 1. The number of fused-ring (bicyclic) bond motifs is 2. The van der Waals surface area contributed by atoms with Gasteiger partial charge >= 0.3 is 0 Å². The molecule has 0 saturated heterocycles. The zero-order valence-electron chi connectivity index (χ0n) is 10.6. The van der Waals surface area contributed by atoms with Crippen molar-refractivity contribution in [3.8, 4) is 0 Å². The van der Waals surface area contributed by atoms with Crippen molar-refractivity contribution in [3.63, 3.8) is 0 Å². The van der Waals surface area contributed by atoms with E-state index in [4.69, 9.17) is 10.2 Å². The average Bonchev–Trinajstić information content (AvgIpc) is 3.05. The van der Waals surface area contributed by atoms with Crippen LogP contribution < -0.4 is 11.1 Å². The lowest BCUT2D eigenvalue weighted by atomic mass is 9.84. The molecule has 4 nitrogen and oxygen atoms in total. The van der Waals surface area contributed by atoms with Crippen molar-refractivity contribution in [3.05, 3.63) is 24.2 Å².